The van der Waals surface area contributed by atoms with Crippen LogP contribution in [0.3, 0.4) is 0 Å². The molecule has 0 saturated carbocycles. The number of carbonyl (C=O) groups excluding carboxylic acids is 1. The van der Waals surface area contributed by atoms with Crippen molar-refractivity contribution in [2.45, 2.75) is 26.4 Å². The van der Waals surface area contributed by atoms with Gasteiger partial charge in [-0.15, -0.1) is 5.06 Å². The summed E-state index contributed by atoms with van der Waals surface area (Å²) in [4.78, 5) is 27.2. The van der Waals surface area contributed by atoms with Crippen molar-refractivity contribution in [2.24, 2.45) is 0 Å². The molecule has 0 fully saturated rings. The molecule has 0 N–H and O–H groups in total. The molecule has 1 amide bonds. The number of hydrogen-bond acceptors (Lipinski definition) is 5. The first kappa shape index (κ1) is 16.2. The van der Waals surface area contributed by atoms with Crippen molar-refractivity contribution >= 4 is 29.1 Å². The minimum absolute atomic E-state index is 0.0979. The van der Waals surface area contributed by atoms with E-state index in [-0.39, 0.29) is 16.4 Å². The highest BCUT2D eigenvalue weighted by molar-refractivity contribution is 6.31. The van der Waals surface area contributed by atoms with Crippen molar-refractivity contribution in [1.29, 1.82) is 0 Å². The molecule has 8 heteroatoms. The van der Waals surface area contributed by atoms with Crippen LogP contribution in [0, 0.1) is 10.1 Å². The van der Waals surface area contributed by atoms with E-state index in [4.69, 9.17) is 21.2 Å². The monoisotopic (exact) mass is 302 g/mol. The molecule has 1 rings (SSSR count). The second-order valence-corrected chi connectivity index (χ2v) is 5.28. The predicted octanol–water partition coefficient (Wildman–Crippen LogP) is 3.55. The first-order chi connectivity index (χ1) is 9.15. The normalized spacial score (nSPS) is 11.1. The van der Waals surface area contributed by atoms with E-state index in [1.807, 2.05) is 0 Å². The second-order valence-electron chi connectivity index (χ2n) is 4.85. The molecule has 110 valence electrons. The van der Waals surface area contributed by atoms with E-state index in [1.165, 1.54) is 25.3 Å². The fraction of sp³-hybridized carbons (Fsp3) is 0.417. The van der Waals surface area contributed by atoms with E-state index in [0.29, 0.717) is 5.06 Å². The molecular weight excluding hydrogens is 288 g/mol. The summed E-state index contributed by atoms with van der Waals surface area (Å²) in [6.45, 7) is 5.02. The summed E-state index contributed by atoms with van der Waals surface area (Å²) in [6, 6.07) is 3.80. The van der Waals surface area contributed by atoms with E-state index < -0.39 is 16.6 Å². The molecule has 20 heavy (non-hydrogen) atoms. The van der Waals surface area contributed by atoms with Gasteiger partial charge in [-0.1, -0.05) is 11.6 Å². The molecule has 0 aliphatic carbocycles. The molecule has 0 aliphatic rings. The summed E-state index contributed by atoms with van der Waals surface area (Å²) >= 11 is 5.80. The molecule has 7 nitrogen and oxygen atoms in total. The average Bonchev–Trinajstić information content (AvgIpc) is 2.27. The summed E-state index contributed by atoms with van der Waals surface area (Å²) in [7, 11) is 1.20. The van der Waals surface area contributed by atoms with Gasteiger partial charge in [0.15, 0.2) is 5.69 Å². The molecule has 0 heterocycles. The van der Waals surface area contributed by atoms with Crippen molar-refractivity contribution in [3.8, 4) is 0 Å². The fourth-order valence-corrected chi connectivity index (χ4v) is 1.55. The van der Waals surface area contributed by atoms with Crippen LogP contribution in [0.1, 0.15) is 20.8 Å². The lowest BCUT2D eigenvalue weighted by molar-refractivity contribution is -0.384. The molecule has 0 saturated heterocycles. The molecule has 0 radical (unpaired) electrons. The van der Waals surface area contributed by atoms with Crippen LogP contribution in [0.25, 0.3) is 0 Å². The van der Waals surface area contributed by atoms with E-state index in [2.05, 4.69) is 0 Å². The molecule has 1 aromatic carbocycles. The smallest absolute Gasteiger partial charge is 0.439 e. The highest BCUT2D eigenvalue weighted by Crippen LogP contribution is 2.32. The van der Waals surface area contributed by atoms with Gasteiger partial charge in [0.25, 0.3) is 5.69 Å². The van der Waals surface area contributed by atoms with Gasteiger partial charge in [0, 0.05) is 11.1 Å². The number of benzene rings is 1. The molecule has 0 unspecified atom stereocenters. The lowest BCUT2D eigenvalue weighted by Crippen LogP contribution is -2.36. The largest absolute Gasteiger partial charge is 0.442 e. The third-order valence-corrected chi connectivity index (χ3v) is 2.33. The maximum atomic E-state index is 12.0. The molecule has 0 atom stereocenters. The average molecular weight is 303 g/mol. The zero-order valence-corrected chi connectivity index (χ0v) is 12.3. The van der Waals surface area contributed by atoms with Gasteiger partial charge < -0.3 is 4.74 Å². The number of rotatable bonds is 3. The van der Waals surface area contributed by atoms with Crippen LogP contribution >= 0.6 is 11.6 Å². The molecule has 1 aromatic rings. The molecular formula is C12H15ClN2O5. The Bertz CT molecular complexity index is 527. The van der Waals surface area contributed by atoms with Gasteiger partial charge in [0.2, 0.25) is 0 Å². The van der Waals surface area contributed by atoms with Crippen LogP contribution in [0.5, 0.6) is 0 Å². The number of carbonyl (C=O) groups is 1. The van der Waals surface area contributed by atoms with Gasteiger partial charge >= 0.3 is 6.09 Å². The Balaban J connectivity index is 3.21. The van der Waals surface area contributed by atoms with Crippen LogP contribution in [0.4, 0.5) is 16.2 Å². The molecule has 0 aromatic heterocycles. The Labute approximate surface area is 121 Å². The van der Waals surface area contributed by atoms with Gasteiger partial charge in [0.1, 0.15) is 5.60 Å². The van der Waals surface area contributed by atoms with E-state index >= 15 is 0 Å². The zero-order chi connectivity index (χ0) is 15.5. The quantitative estimate of drug-likeness (QED) is 0.630. The third-order valence-electron chi connectivity index (χ3n) is 2.09. The number of hydroxylamine groups is 1. The topological polar surface area (TPSA) is 81.9 Å². The van der Waals surface area contributed by atoms with Crippen LogP contribution in [-0.2, 0) is 9.57 Å². The second kappa shape index (κ2) is 6.06. The fourth-order valence-electron chi connectivity index (χ4n) is 1.39. The van der Waals surface area contributed by atoms with Crippen LogP contribution in [0.2, 0.25) is 5.02 Å². The van der Waals surface area contributed by atoms with Crippen LogP contribution < -0.4 is 5.06 Å². The molecule has 0 bridgehead atoms. The van der Waals surface area contributed by atoms with Gasteiger partial charge in [-0.25, -0.2) is 4.79 Å². The summed E-state index contributed by atoms with van der Waals surface area (Å²) < 4.78 is 5.12. The minimum Gasteiger partial charge on any atom is -0.442 e. The number of halogens is 1. The number of amides is 1. The minimum atomic E-state index is -0.870. The Kier molecular flexibility index (Phi) is 4.91. The Morgan fingerprint density at radius 1 is 1.40 bits per heavy atom. The van der Waals surface area contributed by atoms with Crippen LogP contribution in [-0.4, -0.2) is 23.7 Å². The lowest BCUT2D eigenvalue weighted by atomic mass is 10.2. The first-order valence-corrected chi connectivity index (χ1v) is 6.04. The van der Waals surface area contributed by atoms with Crippen LogP contribution in [0.15, 0.2) is 18.2 Å². The number of nitrogens with zero attached hydrogens (tertiary/aromatic N) is 2. The third kappa shape index (κ3) is 4.07. The Hall–Kier alpha value is -1.86. The highest BCUT2D eigenvalue weighted by Gasteiger charge is 2.29. The number of hydrogen-bond donors (Lipinski definition) is 0. The SMILES string of the molecule is CON(C(=O)OC(C)(C)C)c1cc(Cl)ccc1[N+](=O)[O-]. The predicted molar refractivity (Wildman–Crippen MR) is 73.8 cm³/mol. The molecule has 0 aliphatic heterocycles. The maximum absolute atomic E-state index is 12.0. The van der Waals surface area contributed by atoms with Crippen molar-refractivity contribution < 1.29 is 19.3 Å². The standard InChI is InChI=1S/C12H15ClN2O5/c1-12(2,3)20-11(16)14(19-4)10-7-8(13)5-6-9(10)15(17)18/h5-7H,1-4H3. The maximum Gasteiger partial charge on any atom is 0.439 e. The summed E-state index contributed by atoms with van der Waals surface area (Å²) in [6.07, 6.45) is -0.870. The first-order valence-electron chi connectivity index (χ1n) is 5.67. The zero-order valence-electron chi connectivity index (χ0n) is 11.5. The number of ether oxygens (including phenoxy) is 1. The van der Waals surface area contributed by atoms with Gasteiger partial charge in [-0.2, -0.15) is 0 Å². The Morgan fingerprint density at radius 3 is 2.45 bits per heavy atom. The number of anilines is 1. The van der Waals surface area contributed by atoms with Crippen molar-refractivity contribution in [1.82, 2.24) is 0 Å². The van der Waals surface area contributed by atoms with Gasteiger partial charge in [0.05, 0.1) is 12.0 Å². The lowest BCUT2D eigenvalue weighted by Gasteiger charge is -2.25. The van der Waals surface area contributed by atoms with Crippen molar-refractivity contribution in [3.63, 3.8) is 0 Å². The summed E-state index contributed by atoms with van der Waals surface area (Å²) in [5.74, 6) is 0. The van der Waals surface area contributed by atoms with E-state index in [0.717, 1.165) is 0 Å². The van der Waals surface area contributed by atoms with E-state index in [9.17, 15) is 14.9 Å². The van der Waals surface area contributed by atoms with Crippen molar-refractivity contribution in [2.75, 3.05) is 12.2 Å². The van der Waals surface area contributed by atoms with Gasteiger partial charge in [-0.3, -0.25) is 15.0 Å². The summed E-state index contributed by atoms with van der Waals surface area (Å²) in [5.41, 5.74) is -1.18. The van der Waals surface area contributed by atoms with Crippen molar-refractivity contribution in [3.05, 3.63) is 33.3 Å². The molecule has 0 spiro atoms. The number of nitro groups is 1. The number of nitro benzene ring substituents is 1. The van der Waals surface area contributed by atoms with E-state index in [1.54, 1.807) is 20.8 Å². The summed E-state index contributed by atoms with van der Waals surface area (Å²) in [5, 5.41) is 11.9. The highest BCUT2D eigenvalue weighted by atomic mass is 35.5. The Morgan fingerprint density at radius 2 is 2.00 bits per heavy atom. The van der Waals surface area contributed by atoms with Gasteiger partial charge in [-0.05, 0) is 32.9 Å².